The second kappa shape index (κ2) is 8.45. The Morgan fingerprint density at radius 1 is 0.429 bits per heavy atom. The van der Waals surface area contributed by atoms with Gasteiger partial charge in [0.15, 0.2) is 0 Å². The zero-order chi connectivity index (χ0) is 19.2. The van der Waals surface area contributed by atoms with Gasteiger partial charge in [-0.05, 0) is 67.6 Å². The molecule has 0 atom stereocenters. The third-order valence-corrected chi connectivity index (χ3v) is 4.83. The molecule has 0 N–H and O–H groups in total. The average Bonchev–Trinajstić information content (AvgIpc) is 2.78. The van der Waals surface area contributed by atoms with Crippen LogP contribution in [0.15, 0.2) is 115 Å². The molecule has 0 aliphatic carbocycles. The molecule has 0 fully saturated rings. The first-order valence-corrected chi connectivity index (χ1v) is 9.69. The second-order valence-electron chi connectivity index (χ2n) is 6.60. The number of anilines is 5. The summed E-state index contributed by atoms with van der Waals surface area (Å²) in [4.78, 5) is 4.60. The number of benzene rings is 4. The van der Waals surface area contributed by atoms with Crippen LogP contribution in [0.5, 0.6) is 0 Å². The SMILES string of the molecule is CCN(c1ccccc1)c1ccc(N(c2ccccc2)c2ccccc2)cc1. The minimum Gasteiger partial charge on any atom is -0.342 e. The first-order chi connectivity index (χ1) is 13.9. The van der Waals surface area contributed by atoms with Crippen LogP contribution in [0.3, 0.4) is 0 Å². The van der Waals surface area contributed by atoms with Gasteiger partial charge in [-0.2, -0.15) is 0 Å². The molecule has 2 nitrogen and oxygen atoms in total. The Bertz CT molecular complexity index is 941. The van der Waals surface area contributed by atoms with E-state index < -0.39 is 0 Å². The Balaban J connectivity index is 1.71. The van der Waals surface area contributed by atoms with Gasteiger partial charge in [0, 0.05) is 35.0 Å². The lowest BCUT2D eigenvalue weighted by molar-refractivity contribution is 1.02. The molecule has 28 heavy (non-hydrogen) atoms. The van der Waals surface area contributed by atoms with Gasteiger partial charge in [-0.1, -0.05) is 54.6 Å². The maximum Gasteiger partial charge on any atom is 0.0463 e. The topological polar surface area (TPSA) is 6.48 Å². The third-order valence-electron chi connectivity index (χ3n) is 4.83. The molecule has 2 heteroatoms. The van der Waals surface area contributed by atoms with E-state index in [1.807, 2.05) is 0 Å². The van der Waals surface area contributed by atoms with Crippen LogP contribution in [0, 0.1) is 0 Å². The van der Waals surface area contributed by atoms with Crippen LogP contribution in [0.1, 0.15) is 6.92 Å². The molecule has 4 aromatic carbocycles. The van der Waals surface area contributed by atoms with Crippen molar-refractivity contribution in [3.05, 3.63) is 115 Å². The largest absolute Gasteiger partial charge is 0.342 e. The van der Waals surface area contributed by atoms with Crippen LogP contribution in [0.4, 0.5) is 28.4 Å². The maximum absolute atomic E-state index is 2.32. The fourth-order valence-corrected chi connectivity index (χ4v) is 3.51. The molecule has 138 valence electrons. The number of rotatable bonds is 6. The summed E-state index contributed by atoms with van der Waals surface area (Å²) in [5, 5.41) is 0. The van der Waals surface area contributed by atoms with E-state index >= 15 is 0 Å². The van der Waals surface area contributed by atoms with Crippen LogP contribution < -0.4 is 9.80 Å². The number of hydrogen-bond donors (Lipinski definition) is 0. The van der Waals surface area contributed by atoms with Crippen LogP contribution in [0.2, 0.25) is 0 Å². The Morgan fingerprint density at radius 2 is 0.750 bits per heavy atom. The smallest absolute Gasteiger partial charge is 0.0463 e. The molecule has 0 bridgehead atoms. The zero-order valence-electron chi connectivity index (χ0n) is 16.1. The lowest BCUT2D eigenvalue weighted by atomic mass is 10.1. The van der Waals surface area contributed by atoms with E-state index in [-0.39, 0.29) is 0 Å². The van der Waals surface area contributed by atoms with Gasteiger partial charge in [0.05, 0.1) is 0 Å². The predicted octanol–water partition coefficient (Wildman–Crippen LogP) is 7.31. The summed E-state index contributed by atoms with van der Waals surface area (Å²) in [6.45, 7) is 3.10. The first kappa shape index (κ1) is 17.9. The Labute approximate surface area is 167 Å². The Morgan fingerprint density at radius 3 is 1.18 bits per heavy atom. The fourth-order valence-electron chi connectivity index (χ4n) is 3.51. The zero-order valence-corrected chi connectivity index (χ0v) is 16.1. The van der Waals surface area contributed by atoms with E-state index in [0.29, 0.717) is 0 Å². The molecule has 0 spiro atoms. The van der Waals surface area contributed by atoms with Crippen molar-refractivity contribution in [2.75, 3.05) is 16.3 Å². The van der Waals surface area contributed by atoms with E-state index in [1.54, 1.807) is 0 Å². The summed E-state index contributed by atoms with van der Waals surface area (Å²) >= 11 is 0. The van der Waals surface area contributed by atoms with Crippen molar-refractivity contribution in [2.24, 2.45) is 0 Å². The van der Waals surface area contributed by atoms with Crippen molar-refractivity contribution in [2.45, 2.75) is 6.92 Å². The highest BCUT2D eigenvalue weighted by atomic mass is 15.1. The van der Waals surface area contributed by atoms with Crippen LogP contribution in [0.25, 0.3) is 0 Å². The molecule has 4 aromatic rings. The van der Waals surface area contributed by atoms with Crippen molar-refractivity contribution < 1.29 is 0 Å². The summed E-state index contributed by atoms with van der Waals surface area (Å²) < 4.78 is 0. The van der Waals surface area contributed by atoms with Crippen molar-refractivity contribution in [1.82, 2.24) is 0 Å². The molecule has 0 unspecified atom stereocenters. The minimum atomic E-state index is 0.921. The van der Waals surface area contributed by atoms with E-state index in [1.165, 1.54) is 11.4 Å². The molecule has 0 heterocycles. The second-order valence-corrected chi connectivity index (χ2v) is 6.60. The van der Waals surface area contributed by atoms with Crippen LogP contribution in [-0.2, 0) is 0 Å². The highest BCUT2D eigenvalue weighted by molar-refractivity contribution is 5.77. The van der Waals surface area contributed by atoms with Gasteiger partial charge in [-0.25, -0.2) is 0 Å². The monoisotopic (exact) mass is 364 g/mol. The van der Waals surface area contributed by atoms with Gasteiger partial charge in [0.2, 0.25) is 0 Å². The average molecular weight is 364 g/mol. The number of para-hydroxylation sites is 3. The summed E-state index contributed by atoms with van der Waals surface area (Å²) in [5.41, 5.74) is 5.85. The Hall–Kier alpha value is -3.52. The van der Waals surface area contributed by atoms with Gasteiger partial charge >= 0.3 is 0 Å². The molecule has 0 saturated carbocycles. The molecule has 0 aromatic heterocycles. The van der Waals surface area contributed by atoms with Gasteiger partial charge in [0.1, 0.15) is 0 Å². The number of hydrogen-bond acceptors (Lipinski definition) is 2. The molecule has 4 rings (SSSR count). The molecule has 0 saturated heterocycles. The van der Waals surface area contributed by atoms with Crippen molar-refractivity contribution in [1.29, 1.82) is 0 Å². The van der Waals surface area contributed by atoms with E-state index in [4.69, 9.17) is 0 Å². The third kappa shape index (κ3) is 3.77. The van der Waals surface area contributed by atoms with E-state index in [2.05, 4.69) is 132 Å². The summed E-state index contributed by atoms with van der Waals surface area (Å²) in [6, 6.07) is 40.3. The van der Waals surface area contributed by atoms with Crippen molar-refractivity contribution >= 4 is 28.4 Å². The number of nitrogens with zero attached hydrogens (tertiary/aromatic N) is 2. The Kier molecular flexibility index (Phi) is 5.39. The fraction of sp³-hybridized carbons (Fsp3) is 0.0769. The van der Waals surface area contributed by atoms with Crippen LogP contribution in [-0.4, -0.2) is 6.54 Å². The highest BCUT2D eigenvalue weighted by Crippen LogP contribution is 2.35. The lowest BCUT2D eigenvalue weighted by Crippen LogP contribution is -2.16. The van der Waals surface area contributed by atoms with Crippen molar-refractivity contribution in [3.8, 4) is 0 Å². The maximum atomic E-state index is 2.32. The quantitative estimate of drug-likeness (QED) is 0.354. The molecule has 0 radical (unpaired) electrons. The summed E-state index contributed by atoms with van der Waals surface area (Å²) in [5.74, 6) is 0. The first-order valence-electron chi connectivity index (χ1n) is 9.69. The predicted molar refractivity (Wildman–Crippen MR) is 120 cm³/mol. The summed E-state index contributed by atoms with van der Waals surface area (Å²) in [7, 11) is 0. The molecular weight excluding hydrogens is 340 g/mol. The van der Waals surface area contributed by atoms with Crippen molar-refractivity contribution in [3.63, 3.8) is 0 Å². The lowest BCUT2D eigenvalue weighted by Gasteiger charge is -2.27. The van der Waals surface area contributed by atoms with E-state index in [0.717, 1.165) is 23.6 Å². The van der Waals surface area contributed by atoms with Gasteiger partial charge in [-0.15, -0.1) is 0 Å². The van der Waals surface area contributed by atoms with E-state index in [9.17, 15) is 0 Å². The molecular formula is C26H24N2. The molecule has 0 aliphatic rings. The minimum absolute atomic E-state index is 0.921. The van der Waals surface area contributed by atoms with Gasteiger partial charge < -0.3 is 9.80 Å². The normalized spacial score (nSPS) is 10.5. The molecule has 0 amide bonds. The summed E-state index contributed by atoms with van der Waals surface area (Å²) in [6.07, 6.45) is 0. The van der Waals surface area contributed by atoms with Gasteiger partial charge in [-0.3, -0.25) is 0 Å². The molecule has 0 aliphatic heterocycles. The highest BCUT2D eigenvalue weighted by Gasteiger charge is 2.13. The standard InChI is InChI=1S/C26H24N2/c1-2-27(22-12-6-3-7-13-22)23-18-20-26(21-19-23)28(24-14-8-4-9-15-24)25-16-10-5-11-17-25/h3-21H,2H2,1H3. The van der Waals surface area contributed by atoms with Crippen LogP contribution >= 0.6 is 0 Å². The van der Waals surface area contributed by atoms with Gasteiger partial charge in [0.25, 0.3) is 0 Å².